The molecule has 9 nitrogen and oxygen atoms in total. The van der Waals surface area contributed by atoms with Crippen LogP contribution >= 0.6 is 10.3 Å². The van der Waals surface area contributed by atoms with Gasteiger partial charge < -0.3 is 0 Å². The maximum Gasteiger partial charge on any atom is 0.307 e. The number of nitro groups is 2. The van der Waals surface area contributed by atoms with E-state index in [1.54, 1.807) is 72.8 Å². The van der Waals surface area contributed by atoms with Crippen molar-refractivity contribution in [3.63, 3.8) is 0 Å². The van der Waals surface area contributed by atoms with Gasteiger partial charge in [0.1, 0.15) is 4.90 Å². The smallest absolute Gasteiger partial charge is 0.258 e. The summed E-state index contributed by atoms with van der Waals surface area (Å²) in [5.74, 6) is 0. The lowest BCUT2D eigenvalue weighted by Crippen LogP contribution is -2.15. The lowest BCUT2D eigenvalue weighted by atomic mass is 10.2. The Morgan fingerprint density at radius 3 is 1.44 bits per heavy atom. The number of benzene rings is 4. The van der Waals surface area contributed by atoms with Crippen molar-refractivity contribution in [2.75, 3.05) is 0 Å². The summed E-state index contributed by atoms with van der Waals surface area (Å²) < 4.78 is 33.6. The van der Waals surface area contributed by atoms with Crippen molar-refractivity contribution < 1.29 is 21.9 Å². The summed E-state index contributed by atoms with van der Waals surface area (Å²) in [7, 11) is -7.71. The molecule has 184 valence electrons. The summed E-state index contributed by atoms with van der Waals surface area (Å²) in [6.07, 6.45) is 0. The first-order chi connectivity index (χ1) is 17.1. The van der Waals surface area contributed by atoms with Crippen LogP contribution in [0, 0.1) is 27.2 Å². The zero-order valence-electron chi connectivity index (χ0n) is 18.9. The number of nitrogens with zero attached hydrogens (tertiary/aromatic N) is 2. The topological polar surface area (TPSA) is 130 Å². The number of non-ortho nitro benzene ring substituents is 2. The standard InChI is InChI=1S/C25H20N2O7S2/c1-19-12-14-24(15-13-19)35(22-8-4-2-5-9-22,23-10-6-3-7-11-23)34-36(32,33)25-17-20(26(28)29)16-21(18-25)27(30)31/h2-18H,1H3. The van der Waals surface area contributed by atoms with Crippen LogP contribution in [-0.2, 0) is 13.7 Å². The molecule has 0 saturated heterocycles. The van der Waals surface area contributed by atoms with E-state index in [1.807, 2.05) is 19.1 Å². The molecule has 0 heterocycles. The van der Waals surface area contributed by atoms with Gasteiger partial charge >= 0.3 is 10.1 Å². The maximum atomic E-state index is 13.7. The van der Waals surface area contributed by atoms with Crippen LogP contribution in [0.25, 0.3) is 0 Å². The number of hydrogen-bond acceptors (Lipinski definition) is 7. The number of rotatable bonds is 8. The maximum absolute atomic E-state index is 13.7. The van der Waals surface area contributed by atoms with E-state index in [2.05, 4.69) is 0 Å². The Morgan fingerprint density at radius 1 is 0.611 bits per heavy atom. The van der Waals surface area contributed by atoms with Crippen molar-refractivity contribution in [1.82, 2.24) is 0 Å². The molecular weight excluding hydrogens is 504 g/mol. The van der Waals surface area contributed by atoms with E-state index in [1.165, 1.54) is 0 Å². The van der Waals surface area contributed by atoms with E-state index in [0.717, 1.165) is 17.7 Å². The highest BCUT2D eigenvalue weighted by atomic mass is 32.3. The van der Waals surface area contributed by atoms with Gasteiger partial charge in [-0.3, -0.25) is 20.2 Å². The Balaban J connectivity index is 2.01. The van der Waals surface area contributed by atoms with Gasteiger partial charge in [0.2, 0.25) is 0 Å². The molecule has 0 aliphatic rings. The molecule has 0 bridgehead atoms. The molecule has 4 aromatic carbocycles. The van der Waals surface area contributed by atoms with E-state index in [0.29, 0.717) is 20.8 Å². The third-order valence-electron chi connectivity index (χ3n) is 5.28. The minimum absolute atomic E-state index is 0.559. The minimum atomic E-state index is -4.76. The predicted octanol–water partition coefficient (Wildman–Crippen LogP) is 6.41. The zero-order chi connectivity index (χ0) is 25.9. The highest BCUT2D eigenvalue weighted by Crippen LogP contribution is 2.70. The van der Waals surface area contributed by atoms with Gasteiger partial charge in [-0.05, 0) is 53.6 Å². The van der Waals surface area contributed by atoms with Crippen molar-refractivity contribution in [3.8, 4) is 0 Å². The summed E-state index contributed by atoms with van der Waals surface area (Å²) >= 11 is 0. The normalized spacial score (nSPS) is 12.1. The van der Waals surface area contributed by atoms with E-state index in [9.17, 15) is 28.6 Å². The van der Waals surface area contributed by atoms with Gasteiger partial charge in [0.25, 0.3) is 11.4 Å². The number of aryl methyl sites for hydroxylation is 1. The van der Waals surface area contributed by atoms with Gasteiger partial charge in [0.15, 0.2) is 0 Å². The average molecular weight is 525 g/mol. The molecule has 0 aliphatic heterocycles. The van der Waals surface area contributed by atoms with Crippen molar-refractivity contribution >= 4 is 31.8 Å². The van der Waals surface area contributed by atoms with E-state index >= 15 is 0 Å². The molecule has 0 fully saturated rings. The van der Waals surface area contributed by atoms with Crippen LogP contribution in [0.2, 0.25) is 0 Å². The first-order valence-corrected chi connectivity index (χ1v) is 13.5. The Hall–Kier alpha value is -4.06. The first-order valence-electron chi connectivity index (χ1n) is 10.5. The molecule has 0 atom stereocenters. The fourth-order valence-electron chi connectivity index (χ4n) is 3.58. The van der Waals surface area contributed by atoms with Gasteiger partial charge in [0.05, 0.1) is 15.9 Å². The fraction of sp³-hybridized carbons (Fsp3) is 0.0400. The van der Waals surface area contributed by atoms with E-state index in [-0.39, 0.29) is 0 Å². The van der Waals surface area contributed by atoms with Crippen LogP contribution in [0.5, 0.6) is 0 Å². The second kappa shape index (κ2) is 9.90. The van der Waals surface area contributed by atoms with Crippen molar-refractivity contribution in [2.24, 2.45) is 0 Å². The molecule has 0 saturated carbocycles. The van der Waals surface area contributed by atoms with E-state index < -0.39 is 46.5 Å². The first kappa shape index (κ1) is 25.0. The molecule has 11 heteroatoms. The van der Waals surface area contributed by atoms with Gasteiger partial charge in [-0.25, -0.2) is 3.63 Å². The molecule has 0 aliphatic carbocycles. The highest BCUT2D eigenvalue weighted by molar-refractivity contribution is 8.33. The van der Waals surface area contributed by atoms with Crippen molar-refractivity contribution in [3.05, 3.63) is 129 Å². The molecule has 0 unspecified atom stereocenters. The highest BCUT2D eigenvalue weighted by Gasteiger charge is 2.39. The summed E-state index contributed by atoms with van der Waals surface area (Å²) in [6, 6.07) is 27.0. The third kappa shape index (κ3) is 4.85. The van der Waals surface area contributed by atoms with Gasteiger partial charge in [0, 0.05) is 26.8 Å². The Kier molecular flexibility index (Phi) is 6.88. The van der Waals surface area contributed by atoms with Gasteiger partial charge in [-0.2, -0.15) is 8.42 Å². The number of nitro benzene ring substituents is 2. The zero-order valence-corrected chi connectivity index (χ0v) is 20.5. The molecular formula is C25H20N2O7S2. The molecule has 4 aromatic rings. The Labute approximate surface area is 208 Å². The Bertz CT molecular complexity index is 1450. The van der Waals surface area contributed by atoms with Crippen LogP contribution in [0.4, 0.5) is 11.4 Å². The van der Waals surface area contributed by atoms with E-state index in [4.69, 9.17) is 3.63 Å². The Morgan fingerprint density at radius 2 is 1.03 bits per heavy atom. The minimum Gasteiger partial charge on any atom is -0.258 e. The fourth-order valence-corrected chi connectivity index (χ4v) is 8.86. The molecule has 0 N–H and O–H groups in total. The second-order valence-electron chi connectivity index (χ2n) is 7.72. The largest absolute Gasteiger partial charge is 0.307 e. The monoisotopic (exact) mass is 524 g/mol. The summed E-state index contributed by atoms with van der Waals surface area (Å²) in [4.78, 5) is 22.0. The number of hydrogen-bond donors (Lipinski definition) is 0. The van der Waals surface area contributed by atoms with Crippen molar-refractivity contribution in [1.29, 1.82) is 0 Å². The molecule has 36 heavy (non-hydrogen) atoms. The summed E-state index contributed by atoms with van der Waals surface area (Å²) in [6.45, 7) is 1.89. The van der Waals surface area contributed by atoms with Crippen LogP contribution < -0.4 is 0 Å². The predicted molar refractivity (Wildman–Crippen MR) is 134 cm³/mol. The van der Waals surface area contributed by atoms with Crippen LogP contribution in [0.15, 0.2) is 123 Å². The molecule has 0 spiro atoms. The van der Waals surface area contributed by atoms with Crippen LogP contribution in [0.1, 0.15) is 5.56 Å². The summed E-state index contributed by atoms with van der Waals surface area (Å²) in [5, 5.41) is 22.8. The molecule has 0 amide bonds. The summed E-state index contributed by atoms with van der Waals surface area (Å²) in [5.41, 5.74) is -0.520. The second-order valence-corrected chi connectivity index (χ2v) is 12.2. The quantitative estimate of drug-likeness (QED) is 0.192. The molecule has 0 aromatic heterocycles. The lowest BCUT2D eigenvalue weighted by Gasteiger charge is -2.39. The average Bonchev–Trinajstić information content (AvgIpc) is 2.88. The van der Waals surface area contributed by atoms with Crippen LogP contribution in [-0.4, -0.2) is 18.3 Å². The molecule has 4 rings (SSSR count). The van der Waals surface area contributed by atoms with Gasteiger partial charge in [-0.15, -0.1) is 0 Å². The lowest BCUT2D eigenvalue weighted by molar-refractivity contribution is -0.394. The SMILES string of the molecule is Cc1ccc(S(OS(=O)(=O)c2cc([N+](=O)[O-])cc([N+](=O)[O-])c2)(c2ccccc2)c2ccccc2)cc1. The van der Waals surface area contributed by atoms with Gasteiger partial charge in [-0.1, -0.05) is 54.1 Å². The van der Waals surface area contributed by atoms with Crippen LogP contribution in [0.3, 0.4) is 0 Å². The molecule has 0 radical (unpaired) electrons. The van der Waals surface area contributed by atoms with Crippen molar-refractivity contribution in [2.45, 2.75) is 26.5 Å². The third-order valence-corrected chi connectivity index (χ3v) is 10.4.